The van der Waals surface area contributed by atoms with Crippen LogP contribution in [0.2, 0.25) is 0 Å². The van der Waals surface area contributed by atoms with Gasteiger partial charge in [0.2, 0.25) is 5.91 Å². The Morgan fingerprint density at radius 1 is 0.672 bits per heavy atom. The second-order valence-corrected chi connectivity index (χ2v) is 14.6. The lowest BCUT2D eigenvalue weighted by Crippen LogP contribution is -2.45. The summed E-state index contributed by atoms with van der Waals surface area (Å²) in [6.07, 6.45) is 0.00197. The summed E-state index contributed by atoms with van der Waals surface area (Å²) in [5.41, 5.74) is 4.43. The summed E-state index contributed by atoms with van der Waals surface area (Å²) in [4.78, 5) is 62.3. The molecule has 0 unspecified atom stereocenters. The molecule has 0 fully saturated rings. The lowest BCUT2D eigenvalue weighted by molar-refractivity contribution is -0.157. The first-order valence-electron chi connectivity index (χ1n) is 19.6. The van der Waals surface area contributed by atoms with Crippen molar-refractivity contribution < 1.29 is 57.1 Å². The fraction of sp³-hybridized carbons (Fsp3) is 0.477. The van der Waals surface area contributed by atoms with Crippen LogP contribution in [0.1, 0.15) is 69.1 Å². The number of hydrogen-bond acceptors (Lipinski definition) is 12. The van der Waals surface area contributed by atoms with Gasteiger partial charge in [0.1, 0.15) is 38.1 Å². The number of fused-ring (bicyclic) bond motifs is 3. The highest BCUT2D eigenvalue weighted by molar-refractivity contribution is 5.83. The molecule has 4 rings (SSSR count). The van der Waals surface area contributed by atoms with Crippen molar-refractivity contribution in [2.75, 3.05) is 66.0 Å². The highest BCUT2D eigenvalue weighted by atomic mass is 16.6. The summed E-state index contributed by atoms with van der Waals surface area (Å²) in [5, 5.41) is 5.34. The third kappa shape index (κ3) is 16.8. The van der Waals surface area contributed by atoms with Crippen molar-refractivity contribution in [1.82, 2.24) is 10.6 Å². The van der Waals surface area contributed by atoms with E-state index in [1.807, 2.05) is 78.9 Å². The molecule has 0 aliphatic heterocycles. The van der Waals surface area contributed by atoms with Gasteiger partial charge in [-0.05, 0) is 61.4 Å². The van der Waals surface area contributed by atoms with E-state index in [2.05, 4.69) is 10.6 Å². The molecule has 2 amide bonds. The Morgan fingerprint density at radius 3 is 1.95 bits per heavy atom. The van der Waals surface area contributed by atoms with Crippen molar-refractivity contribution in [2.45, 2.75) is 70.6 Å². The summed E-state index contributed by atoms with van der Waals surface area (Å²) < 4.78 is 37.8. The second kappa shape index (κ2) is 24.6. The number of ether oxygens (including phenoxy) is 7. The Labute approximate surface area is 340 Å². The van der Waals surface area contributed by atoms with Gasteiger partial charge in [0, 0.05) is 31.9 Å². The molecule has 314 valence electrons. The SMILES string of the molecule is CC(C)(C)OC(=O)[C@H](CCC(=O)NCCOCCOCC(=O)CCCOCCOCC(=O)OCc1ccccc1)NC(=O)OCC1c2ccccc2-c2ccccc21. The maximum Gasteiger partial charge on any atom is 0.407 e. The number of carbonyl (C=O) groups is 5. The molecule has 1 aliphatic rings. The van der Waals surface area contributed by atoms with Crippen LogP contribution in [0.4, 0.5) is 4.79 Å². The van der Waals surface area contributed by atoms with E-state index in [1.54, 1.807) is 20.8 Å². The van der Waals surface area contributed by atoms with Crippen LogP contribution in [0.15, 0.2) is 78.9 Å². The molecule has 14 heteroatoms. The predicted molar refractivity (Wildman–Crippen MR) is 214 cm³/mol. The first-order valence-corrected chi connectivity index (χ1v) is 19.6. The number of esters is 2. The summed E-state index contributed by atoms with van der Waals surface area (Å²) in [6, 6.07) is 24.3. The molecule has 58 heavy (non-hydrogen) atoms. The van der Waals surface area contributed by atoms with Gasteiger partial charge in [-0.1, -0.05) is 78.9 Å². The van der Waals surface area contributed by atoms with Crippen molar-refractivity contribution in [3.05, 3.63) is 95.6 Å². The molecule has 1 atom stereocenters. The number of Topliss-reactive ketones (excluding diaryl/α,β-unsaturated/α-hetero) is 1. The average Bonchev–Trinajstić information content (AvgIpc) is 3.52. The average molecular weight is 805 g/mol. The third-order valence-corrected chi connectivity index (χ3v) is 8.77. The zero-order chi connectivity index (χ0) is 41.6. The fourth-order valence-electron chi connectivity index (χ4n) is 6.04. The van der Waals surface area contributed by atoms with Gasteiger partial charge in [0.05, 0.1) is 33.0 Å². The van der Waals surface area contributed by atoms with Crippen molar-refractivity contribution in [2.24, 2.45) is 0 Å². The van der Waals surface area contributed by atoms with Gasteiger partial charge in [0.15, 0.2) is 5.78 Å². The fourth-order valence-corrected chi connectivity index (χ4v) is 6.04. The molecule has 0 radical (unpaired) electrons. The van der Waals surface area contributed by atoms with E-state index >= 15 is 0 Å². The topological polar surface area (TPSA) is 174 Å². The van der Waals surface area contributed by atoms with Crippen molar-refractivity contribution >= 4 is 29.7 Å². The second-order valence-electron chi connectivity index (χ2n) is 14.6. The van der Waals surface area contributed by atoms with Crippen LogP contribution in [-0.4, -0.2) is 107 Å². The Hall–Kier alpha value is -5.15. The highest BCUT2D eigenvalue weighted by Crippen LogP contribution is 2.44. The predicted octanol–water partition coefficient (Wildman–Crippen LogP) is 5.29. The maximum absolute atomic E-state index is 13.0. The van der Waals surface area contributed by atoms with Crippen molar-refractivity contribution in [3.8, 4) is 11.1 Å². The zero-order valence-electron chi connectivity index (χ0n) is 33.7. The van der Waals surface area contributed by atoms with Gasteiger partial charge in [-0.15, -0.1) is 0 Å². The van der Waals surface area contributed by atoms with Gasteiger partial charge in [-0.2, -0.15) is 0 Å². The lowest BCUT2D eigenvalue weighted by atomic mass is 9.98. The molecule has 0 aromatic heterocycles. The van der Waals surface area contributed by atoms with Crippen LogP contribution in [-0.2, 0) is 58.9 Å². The highest BCUT2D eigenvalue weighted by Gasteiger charge is 2.31. The number of alkyl carbamates (subject to hydrolysis) is 1. The molecule has 0 saturated carbocycles. The Morgan fingerprint density at radius 2 is 1.28 bits per heavy atom. The normalized spacial score (nSPS) is 12.5. The Kier molecular flexibility index (Phi) is 19.3. The van der Waals surface area contributed by atoms with Crippen LogP contribution >= 0.6 is 0 Å². The van der Waals surface area contributed by atoms with E-state index in [-0.39, 0.29) is 89.8 Å². The van der Waals surface area contributed by atoms with E-state index in [0.29, 0.717) is 26.1 Å². The standard InChI is InChI=1S/C44H56N2O12/c1-44(2,3)58-42(50)39(46-43(51)57-30-38-36-17-9-7-15-34(36)35-16-8-10-18-37(35)38)19-20-40(48)45-21-23-53-25-26-54-29-33(47)14-11-22-52-24-27-55-31-41(49)56-28-32-12-5-4-6-13-32/h4-10,12-13,15-18,38-39H,11,14,19-31H2,1-3H3,(H,45,48)(H,46,51)/t39-/m0/s1. The van der Waals surface area contributed by atoms with Crippen LogP contribution in [0.3, 0.4) is 0 Å². The Bertz CT molecular complexity index is 1710. The summed E-state index contributed by atoms with van der Waals surface area (Å²) in [5.74, 6) is -1.65. The summed E-state index contributed by atoms with van der Waals surface area (Å²) >= 11 is 0. The van der Waals surface area contributed by atoms with E-state index in [4.69, 9.17) is 33.2 Å². The van der Waals surface area contributed by atoms with E-state index < -0.39 is 29.7 Å². The molecule has 0 spiro atoms. The molecule has 3 aromatic carbocycles. The zero-order valence-corrected chi connectivity index (χ0v) is 33.7. The number of benzene rings is 3. The molecule has 14 nitrogen and oxygen atoms in total. The quantitative estimate of drug-likeness (QED) is 0.0611. The van der Waals surface area contributed by atoms with Crippen LogP contribution in [0.5, 0.6) is 0 Å². The first kappa shape index (κ1) is 45.6. The minimum absolute atomic E-state index is 0.00210. The molecule has 0 bridgehead atoms. The maximum atomic E-state index is 13.0. The molecule has 1 aliphatic carbocycles. The molecule has 2 N–H and O–H groups in total. The molecular weight excluding hydrogens is 748 g/mol. The smallest absolute Gasteiger partial charge is 0.407 e. The van der Waals surface area contributed by atoms with Gasteiger partial charge >= 0.3 is 18.0 Å². The minimum atomic E-state index is -1.10. The van der Waals surface area contributed by atoms with Crippen molar-refractivity contribution in [1.29, 1.82) is 0 Å². The van der Waals surface area contributed by atoms with Crippen LogP contribution in [0.25, 0.3) is 11.1 Å². The van der Waals surface area contributed by atoms with E-state index in [0.717, 1.165) is 27.8 Å². The largest absolute Gasteiger partial charge is 0.459 e. The molecule has 0 heterocycles. The number of ketones is 1. The van der Waals surface area contributed by atoms with Crippen LogP contribution in [0, 0.1) is 0 Å². The van der Waals surface area contributed by atoms with Gasteiger partial charge in [-0.25, -0.2) is 14.4 Å². The van der Waals surface area contributed by atoms with E-state index in [9.17, 15) is 24.0 Å². The lowest BCUT2D eigenvalue weighted by Gasteiger charge is -2.24. The molecular formula is C44H56N2O12. The minimum Gasteiger partial charge on any atom is -0.459 e. The number of hydrogen-bond donors (Lipinski definition) is 2. The van der Waals surface area contributed by atoms with Gasteiger partial charge < -0.3 is 43.8 Å². The Balaban J connectivity index is 1.01. The van der Waals surface area contributed by atoms with Gasteiger partial charge in [0.25, 0.3) is 0 Å². The van der Waals surface area contributed by atoms with Gasteiger partial charge in [-0.3, -0.25) is 9.59 Å². The first-order chi connectivity index (χ1) is 28.0. The van der Waals surface area contributed by atoms with Crippen molar-refractivity contribution in [3.63, 3.8) is 0 Å². The number of amides is 2. The third-order valence-electron chi connectivity index (χ3n) is 8.77. The van der Waals surface area contributed by atoms with Crippen LogP contribution < -0.4 is 10.6 Å². The number of rotatable bonds is 26. The summed E-state index contributed by atoms with van der Waals surface area (Å²) in [6.45, 7) is 7.02. The summed E-state index contributed by atoms with van der Waals surface area (Å²) in [7, 11) is 0. The molecule has 0 saturated heterocycles. The number of nitrogens with one attached hydrogen (secondary N) is 2. The molecule has 3 aromatic rings. The van der Waals surface area contributed by atoms with E-state index in [1.165, 1.54) is 0 Å². The number of carbonyl (C=O) groups excluding carboxylic acids is 5. The monoisotopic (exact) mass is 804 g/mol.